The minimum absolute atomic E-state index is 0.0666. The zero-order valence-corrected chi connectivity index (χ0v) is 14.6. The molecule has 2 amide bonds. The molecular formula is C17H20N4O5. The molecule has 0 radical (unpaired) electrons. The number of hydrogen-bond donors (Lipinski definition) is 1. The van der Waals surface area contributed by atoms with E-state index in [-0.39, 0.29) is 37.1 Å². The van der Waals surface area contributed by atoms with Gasteiger partial charge in [0.1, 0.15) is 12.6 Å². The van der Waals surface area contributed by atoms with E-state index < -0.39 is 12.1 Å². The Hall–Kier alpha value is -2.94. The summed E-state index contributed by atoms with van der Waals surface area (Å²) in [7, 11) is 1.57. The minimum Gasteiger partial charge on any atom is -0.539 e. The van der Waals surface area contributed by atoms with Crippen molar-refractivity contribution >= 4 is 17.5 Å². The molecule has 0 bridgehead atoms. The van der Waals surface area contributed by atoms with E-state index in [4.69, 9.17) is 4.74 Å². The molecule has 1 aromatic heterocycles. The van der Waals surface area contributed by atoms with Crippen LogP contribution >= 0.6 is 0 Å². The number of aromatic nitrogens is 2. The van der Waals surface area contributed by atoms with Crippen LogP contribution in [-0.2, 0) is 27.9 Å². The van der Waals surface area contributed by atoms with Gasteiger partial charge in [0.15, 0.2) is 13.0 Å². The van der Waals surface area contributed by atoms with Gasteiger partial charge in [-0.2, -0.15) is 0 Å². The van der Waals surface area contributed by atoms with Gasteiger partial charge in [-0.05, 0) is 19.1 Å². The SMILES string of the molecule is Cc1ccc(NC(=O)CC2OCCN(Cc3c([O-])on[n+]3C)C2=O)cc1. The third-order valence-electron chi connectivity index (χ3n) is 4.19. The average Bonchev–Trinajstić information content (AvgIpc) is 2.92. The van der Waals surface area contributed by atoms with Crippen LogP contribution in [0.25, 0.3) is 0 Å². The van der Waals surface area contributed by atoms with Crippen molar-refractivity contribution in [3.63, 3.8) is 0 Å². The zero-order valence-electron chi connectivity index (χ0n) is 14.6. The van der Waals surface area contributed by atoms with Gasteiger partial charge >= 0.3 is 0 Å². The van der Waals surface area contributed by atoms with E-state index in [1.54, 1.807) is 19.2 Å². The lowest BCUT2D eigenvalue weighted by Gasteiger charge is -2.31. The van der Waals surface area contributed by atoms with Gasteiger partial charge in [-0.1, -0.05) is 22.4 Å². The Bertz CT molecular complexity index is 782. The van der Waals surface area contributed by atoms with Crippen LogP contribution in [0.1, 0.15) is 17.7 Å². The number of rotatable bonds is 5. The molecule has 26 heavy (non-hydrogen) atoms. The number of anilines is 1. The summed E-state index contributed by atoms with van der Waals surface area (Å²) in [4.78, 5) is 26.2. The van der Waals surface area contributed by atoms with Crippen LogP contribution in [0.5, 0.6) is 5.95 Å². The van der Waals surface area contributed by atoms with Crippen molar-refractivity contribution in [2.45, 2.75) is 26.0 Å². The summed E-state index contributed by atoms with van der Waals surface area (Å²) in [5, 5.41) is 17.9. The van der Waals surface area contributed by atoms with Crippen molar-refractivity contribution in [3.8, 4) is 5.95 Å². The number of benzene rings is 1. The largest absolute Gasteiger partial charge is 0.539 e. The Labute approximate surface area is 150 Å². The highest BCUT2D eigenvalue weighted by molar-refractivity contribution is 5.95. The lowest BCUT2D eigenvalue weighted by atomic mass is 10.1. The first-order chi connectivity index (χ1) is 12.4. The molecule has 0 aliphatic carbocycles. The van der Waals surface area contributed by atoms with Gasteiger partial charge in [0.25, 0.3) is 11.6 Å². The third-order valence-corrected chi connectivity index (χ3v) is 4.19. The lowest BCUT2D eigenvalue weighted by Crippen LogP contribution is -2.50. The molecule has 2 aromatic rings. The molecule has 9 heteroatoms. The average molecular weight is 360 g/mol. The summed E-state index contributed by atoms with van der Waals surface area (Å²) in [6, 6.07) is 7.37. The highest BCUT2D eigenvalue weighted by Gasteiger charge is 2.33. The van der Waals surface area contributed by atoms with Crippen LogP contribution in [-0.4, -0.2) is 41.2 Å². The number of carbonyl (C=O) groups excluding carboxylic acids is 2. The van der Waals surface area contributed by atoms with E-state index in [1.165, 1.54) is 9.58 Å². The fourth-order valence-corrected chi connectivity index (χ4v) is 2.69. The van der Waals surface area contributed by atoms with E-state index in [1.807, 2.05) is 19.1 Å². The topological polar surface area (TPSA) is 112 Å². The number of nitrogens with one attached hydrogen (secondary N) is 1. The van der Waals surface area contributed by atoms with Crippen LogP contribution in [0.4, 0.5) is 5.69 Å². The minimum atomic E-state index is -0.880. The number of aryl methyl sites for hydroxylation is 2. The van der Waals surface area contributed by atoms with Crippen molar-refractivity contribution < 1.29 is 28.6 Å². The van der Waals surface area contributed by atoms with Crippen LogP contribution in [0.3, 0.4) is 0 Å². The smallest absolute Gasteiger partial charge is 0.252 e. The van der Waals surface area contributed by atoms with E-state index >= 15 is 0 Å². The quantitative estimate of drug-likeness (QED) is 0.729. The summed E-state index contributed by atoms with van der Waals surface area (Å²) in [5.41, 5.74) is 2.01. The van der Waals surface area contributed by atoms with Crippen molar-refractivity contribution in [2.24, 2.45) is 7.05 Å². The Kier molecular flexibility index (Phi) is 5.17. The van der Waals surface area contributed by atoms with Crippen LogP contribution in [0.2, 0.25) is 0 Å². The van der Waals surface area contributed by atoms with Gasteiger partial charge in [-0.25, -0.2) is 0 Å². The molecule has 1 saturated heterocycles. The van der Waals surface area contributed by atoms with Crippen molar-refractivity contribution in [1.82, 2.24) is 10.2 Å². The molecule has 1 N–H and O–H groups in total. The van der Waals surface area contributed by atoms with Gasteiger partial charge in [0.2, 0.25) is 5.91 Å². The molecule has 1 unspecified atom stereocenters. The molecule has 2 heterocycles. The second kappa shape index (κ2) is 7.52. The number of ether oxygens (including phenoxy) is 1. The van der Waals surface area contributed by atoms with Gasteiger partial charge < -0.3 is 24.6 Å². The number of morpholine rings is 1. The third kappa shape index (κ3) is 3.99. The first kappa shape index (κ1) is 17.9. The van der Waals surface area contributed by atoms with Crippen LogP contribution in [0, 0.1) is 6.92 Å². The second-order valence-corrected chi connectivity index (χ2v) is 6.17. The van der Waals surface area contributed by atoms with E-state index in [0.717, 1.165) is 5.56 Å². The number of nitrogens with zero attached hydrogens (tertiary/aromatic N) is 3. The molecule has 1 fully saturated rings. The van der Waals surface area contributed by atoms with Gasteiger partial charge in [-0.3, -0.25) is 9.59 Å². The fourth-order valence-electron chi connectivity index (χ4n) is 2.69. The summed E-state index contributed by atoms with van der Waals surface area (Å²) in [5.74, 6) is -1.23. The highest BCUT2D eigenvalue weighted by atomic mass is 16.6. The number of carbonyl (C=O) groups is 2. The zero-order chi connectivity index (χ0) is 18.7. The first-order valence-electron chi connectivity index (χ1n) is 8.23. The van der Waals surface area contributed by atoms with Crippen molar-refractivity contribution in [2.75, 3.05) is 18.5 Å². The van der Waals surface area contributed by atoms with Crippen molar-refractivity contribution in [1.29, 1.82) is 0 Å². The molecule has 1 aromatic carbocycles. The molecule has 1 atom stereocenters. The van der Waals surface area contributed by atoms with Crippen molar-refractivity contribution in [3.05, 3.63) is 35.5 Å². The predicted molar refractivity (Wildman–Crippen MR) is 86.7 cm³/mol. The van der Waals surface area contributed by atoms with Gasteiger partial charge in [-0.15, -0.1) is 0 Å². The summed E-state index contributed by atoms with van der Waals surface area (Å²) in [6.45, 7) is 2.64. The summed E-state index contributed by atoms with van der Waals surface area (Å²) >= 11 is 0. The summed E-state index contributed by atoms with van der Waals surface area (Å²) in [6.07, 6.45) is -0.974. The molecule has 9 nitrogen and oxygen atoms in total. The number of hydrogen-bond acceptors (Lipinski definition) is 6. The monoisotopic (exact) mass is 360 g/mol. The Morgan fingerprint density at radius 2 is 2.15 bits per heavy atom. The predicted octanol–water partition coefficient (Wildman–Crippen LogP) is -0.363. The molecule has 138 valence electrons. The number of amides is 2. The molecule has 1 aliphatic rings. The lowest BCUT2D eigenvalue weighted by molar-refractivity contribution is -0.746. The highest BCUT2D eigenvalue weighted by Crippen LogP contribution is 2.17. The Balaban J connectivity index is 1.60. The maximum Gasteiger partial charge on any atom is 0.252 e. The molecule has 0 spiro atoms. The first-order valence-corrected chi connectivity index (χ1v) is 8.23. The van der Waals surface area contributed by atoms with Crippen LogP contribution < -0.4 is 15.1 Å². The summed E-state index contributed by atoms with van der Waals surface area (Å²) < 4.78 is 11.3. The van der Waals surface area contributed by atoms with Gasteiger partial charge in [0.05, 0.1) is 18.3 Å². The molecular weight excluding hydrogens is 340 g/mol. The normalized spacial score (nSPS) is 17.4. The standard InChI is InChI=1S/C17H20N4O5/c1-11-3-5-12(6-4-11)18-15(22)9-14-16(23)21(7-8-25-14)10-13-17(24)26-19-20(13)2/h3-6,14H,7-10H2,1-2H3,(H-,18,19,22,24). The molecule has 0 saturated carbocycles. The fraction of sp³-hybridized carbons (Fsp3) is 0.412. The molecule has 1 aliphatic heterocycles. The van der Waals surface area contributed by atoms with E-state index in [0.29, 0.717) is 12.2 Å². The maximum absolute atomic E-state index is 12.6. The van der Waals surface area contributed by atoms with Crippen LogP contribution in [0.15, 0.2) is 28.8 Å². The van der Waals surface area contributed by atoms with Gasteiger partial charge in [0, 0.05) is 12.2 Å². The van der Waals surface area contributed by atoms with E-state index in [9.17, 15) is 14.7 Å². The molecule has 3 rings (SSSR count). The Morgan fingerprint density at radius 1 is 1.42 bits per heavy atom. The second-order valence-electron chi connectivity index (χ2n) is 6.17. The van der Waals surface area contributed by atoms with E-state index in [2.05, 4.69) is 15.1 Å². The Morgan fingerprint density at radius 3 is 2.81 bits per heavy atom. The maximum atomic E-state index is 12.6.